The van der Waals surface area contributed by atoms with Crippen molar-refractivity contribution in [3.63, 3.8) is 0 Å². The summed E-state index contributed by atoms with van der Waals surface area (Å²) in [4.78, 5) is 5.16. The first-order chi connectivity index (χ1) is 6.20. The molecule has 0 spiro atoms. The summed E-state index contributed by atoms with van der Waals surface area (Å²) in [7, 11) is 0. The Morgan fingerprint density at radius 3 is 2.69 bits per heavy atom. The molecule has 0 amide bonds. The van der Waals surface area contributed by atoms with Crippen molar-refractivity contribution >= 4 is 16.3 Å². The summed E-state index contributed by atoms with van der Waals surface area (Å²) in [5.41, 5.74) is 7.82. The number of hydrogen-bond donors (Lipinski definition) is 1. The molecule has 2 N–H and O–H groups in total. The predicted molar refractivity (Wildman–Crippen MR) is 51.5 cm³/mol. The van der Waals surface area contributed by atoms with E-state index in [1.165, 1.54) is 11.2 Å². The Morgan fingerprint density at radius 2 is 2.23 bits per heavy atom. The molecule has 0 aromatic carbocycles. The molecule has 0 aliphatic carbocycles. The standard InChI is InChI=1S/C8H9N3OS/c1-4-5(2)13-7(9)6(4)8-10-3-11-12-8/h3H,9H2,1-2H3. The summed E-state index contributed by atoms with van der Waals surface area (Å²) in [5, 5.41) is 4.29. The van der Waals surface area contributed by atoms with Gasteiger partial charge < -0.3 is 10.3 Å². The Labute approximate surface area is 79.4 Å². The van der Waals surface area contributed by atoms with Crippen molar-refractivity contribution in [1.82, 2.24) is 10.1 Å². The van der Waals surface area contributed by atoms with Crippen LogP contribution in [0.4, 0.5) is 5.00 Å². The first kappa shape index (κ1) is 8.25. The number of nitrogen functional groups attached to an aromatic ring is 1. The van der Waals surface area contributed by atoms with Gasteiger partial charge in [0.2, 0.25) is 0 Å². The molecule has 0 atom stereocenters. The lowest BCUT2D eigenvalue weighted by Crippen LogP contribution is -1.85. The number of nitrogens with two attached hydrogens (primary N) is 1. The summed E-state index contributed by atoms with van der Waals surface area (Å²) >= 11 is 1.54. The van der Waals surface area contributed by atoms with Crippen LogP contribution in [-0.4, -0.2) is 10.1 Å². The highest BCUT2D eigenvalue weighted by molar-refractivity contribution is 7.16. The molecule has 2 aromatic heterocycles. The second-order valence-corrected chi connectivity index (χ2v) is 4.03. The largest absolute Gasteiger partial charge is 0.390 e. The molecule has 0 aliphatic heterocycles. The van der Waals surface area contributed by atoms with Gasteiger partial charge in [0, 0.05) is 4.88 Å². The minimum Gasteiger partial charge on any atom is -0.390 e. The number of nitrogens with zero attached hydrogens (tertiary/aromatic N) is 2. The van der Waals surface area contributed by atoms with Crippen molar-refractivity contribution in [2.75, 3.05) is 5.73 Å². The first-order valence-corrected chi connectivity index (χ1v) is 4.64. The monoisotopic (exact) mass is 195 g/mol. The molecular weight excluding hydrogens is 186 g/mol. The smallest absolute Gasteiger partial charge is 0.260 e. The molecule has 0 saturated carbocycles. The van der Waals surface area contributed by atoms with Gasteiger partial charge in [-0.05, 0) is 19.4 Å². The number of aryl methyl sites for hydroxylation is 1. The highest BCUT2D eigenvalue weighted by Gasteiger charge is 2.15. The molecule has 2 heterocycles. The highest BCUT2D eigenvalue weighted by atomic mass is 32.1. The Kier molecular flexibility index (Phi) is 1.81. The molecule has 5 heteroatoms. The van der Waals surface area contributed by atoms with E-state index < -0.39 is 0 Å². The van der Waals surface area contributed by atoms with Crippen molar-refractivity contribution in [3.8, 4) is 11.5 Å². The molecule has 0 saturated heterocycles. The molecule has 0 unspecified atom stereocenters. The Balaban J connectivity index is 2.64. The predicted octanol–water partition coefficient (Wildman–Crippen LogP) is 2.00. The second kappa shape index (κ2) is 2.85. The SMILES string of the molecule is Cc1sc(N)c(-c2ncno2)c1C. The van der Waals surface area contributed by atoms with E-state index in [1.54, 1.807) is 11.3 Å². The van der Waals surface area contributed by atoms with Crippen molar-refractivity contribution in [2.45, 2.75) is 13.8 Å². The maximum Gasteiger partial charge on any atom is 0.260 e. The minimum atomic E-state index is 0.499. The van der Waals surface area contributed by atoms with E-state index in [4.69, 9.17) is 10.3 Å². The van der Waals surface area contributed by atoms with Crippen LogP contribution in [0.15, 0.2) is 10.9 Å². The molecule has 2 rings (SSSR count). The molecular formula is C8H9N3OS. The molecule has 4 nitrogen and oxygen atoms in total. The normalized spacial score (nSPS) is 10.6. The Morgan fingerprint density at radius 1 is 1.46 bits per heavy atom. The zero-order valence-corrected chi connectivity index (χ0v) is 8.18. The maximum atomic E-state index is 5.82. The molecule has 0 aliphatic rings. The van der Waals surface area contributed by atoms with Gasteiger partial charge in [0.1, 0.15) is 0 Å². The van der Waals surface area contributed by atoms with Crippen LogP contribution in [0.25, 0.3) is 11.5 Å². The number of aromatic nitrogens is 2. The zero-order chi connectivity index (χ0) is 9.42. The van der Waals surface area contributed by atoms with Gasteiger partial charge in [-0.1, -0.05) is 5.16 Å². The molecule has 0 fully saturated rings. The van der Waals surface area contributed by atoms with Gasteiger partial charge in [0.15, 0.2) is 6.33 Å². The van der Waals surface area contributed by atoms with E-state index >= 15 is 0 Å². The van der Waals surface area contributed by atoms with Gasteiger partial charge in [-0.25, -0.2) is 0 Å². The number of hydrogen-bond acceptors (Lipinski definition) is 5. The number of anilines is 1. The van der Waals surface area contributed by atoms with Crippen LogP contribution in [-0.2, 0) is 0 Å². The molecule has 68 valence electrons. The van der Waals surface area contributed by atoms with E-state index in [0.29, 0.717) is 5.89 Å². The van der Waals surface area contributed by atoms with Gasteiger partial charge in [-0.15, -0.1) is 11.3 Å². The van der Waals surface area contributed by atoms with Crippen LogP contribution in [0.2, 0.25) is 0 Å². The summed E-state index contributed by atoms with van der Waals surface area (Å²) in [5.74, 6) is 0.499. The first-order valence-electron chi connectivity index (χ1n) is 3.82. The van der Waals surface area contributed by atoms with Crippen LogP contribution >= 0.6 is 11.3 Å². The third-order valence-electron chi connectivity index (χ3n) is 1.99. The average Bonchev–Trinajstić information content (AvgIpc) is 2.63. The summed E-state index contributed by atoms with van der Waals surface area (Å²) in [6.45, 7) is 4.03. The lowest BCUT2D eigenvalue weighted by molar-refractivity contribution is 0.430. The van der Waals surface area contributed by atoms with E-state index in [9.17, 15) is 0 Å². The zero-order valence-electron chi connectivity index (χ0n) is 7.37. The topological polar surface area (TPSA) is 64.9 Å². The molecule has 13 heavy (non-hydrogen) atoms. The maximum absolute atomic E-state index is 5.82. The van der Waals surface area contributed by atoms with Crippen LogP contribution in [0.1, 0.15) is 10.4 Å². The van der Waals surface area contributed by atoms with E-state index in [0.717, 1.165) is 16.1 Å². The van der Waals surface area contributed by atoms with Crippen molar-refractivity contribution in [1.29, 1.82) is 0 Å². The lowest BCUT2D eigenvalue weighted by Gasteiger charge is -1.93. The third kappa shape index (κ3) is 1.21. The van der Waals surface area contributed by atoms with Gasteiger partial charge in [-0.3, -0.25) is 0 Å². The van der Waals surface area contributed by atoms with Crippen LogP contribution < -0.4 is 5.73 Å². The average molecular weight is 195 g/mol. The van der Waals surface area contributed by atoms with Crippen molar-refractivity contribution in [2.24, 2.45) is 0 Å². The fourth-order valence-electron chi connectivity index (χ4n) is 1.20. The van der Waals surface area contributed by atoms with Crippen molar-refractivity contribution in [3.05, 3.63) is 16.8 Å². The van der Waals surface area contributed by atoms with Crippen LogP contribution in [0.3, 0.4) is 0 Å². The summed E-state index contributed by atoms with van der Waals surface area (Å²) in [6, 6.07) is 0. The van der Waals surface area contributed by atoms with Crippen LogP contribution in [0.5, 0.6) is 0 Å². The van der Waals surface area contributed by atoms with Gasteiger partial charge in [0.05, 0.1) is 10.6 Å². The summed E-state index contributed by atoms with van der Waals surface area (Å²) < 4.78 is 4.96. The fourth-order valence-corrected chi connectivity index (χ4v) is 2.13. The highest BCUT2D eigenvalue weighted by Crippen LogP contribution is 2.36. The van der Waals surface area contributed by atoms with Gasteiger partial charge in [0.25, 0.3) is 5.89 Å². The Bertz CT molecular complexity index is 419. The van der Waals surface area contributed by atoms with Gasteiger partial charge >= 0.3 is 0 Å². The van der Waals surface area contributed by atoms with E-state index in [1.807, 2.05) is 13.8 Å². The van der Waals surface area contributed by atoms with Crippen LogP contribution in [0, 0.1) is 13.8 Å². The third-order valence-corrected chi connectivity index (χ3v) is 3.02. The quantitative estimate of drug-likeness (QED) is 0.755. The Hall–Kier alpha value is -1.36. The minimum absolute atomic E-state index is 0.499. The van der Waals surface area contributed by atoms with Gasteiger partial charge in [-0.2, -0.15) is 4.98 Å². The molecule has 2 aromatic rings. The molecule has 0 bridgehead atoms. The summed E-state index contributed by atoms with van der Waals surface area (Å²) in [6.07, 6.45) is 1.38. The number of thiophene rings is 1. The second-order valence-electron chi connectivity index (χ2n) is 2.77. The number of rotatable bonds is 1. The van der Waals surface area contributed by atoms with E-state index in [-0.39, 0.29) is 0 Å². The fraction of sp³-hybridized carbons (Fsp3) is 0.250. The lowest BCUT2D eigenvalue weighted by atomic mass is 10.1. The molecule has 0 radical (unpaired) electrons. The van der Waals surface area contributed by atoms with Crippen molar-refractivity contribution < 1.29 is 4.52 Å². The van der Waals surface area contributed by atoms with E-state index in [2.05, 4.69) is 10.1 Å².